The van der Waals surface area contributed by atoms with Crippen molar-refractivity contribution in [1.29, 1.82) is 0 Å². The van der Waals surface area contributed by atoms with E-state index in [1.165, 1.54) is 0 Å². The summed E-state index contributed by atoms with van der Waals surface area (Å²) in [6.07, 6.45) is 0. The quantitative estimate of drug-likeness (QED) is 0.713. The third kappa shape index (κ3) is 1.36. The van der Waals surface area contributed by atoms with Crippen molar-refractivity contribution in [2.75, 3.05) is 0 Å². The number of benzene rings is 1. The van der Waals surface area contributed by atoms with Crippen LogP contribution in [0, 0.1) is 0 Å². The lowest BCUT2D eigenvalue weighted by atomic mass is 10.0. The Balaban J connectivity index is 2.31. The Morgan fingerprint density at radius 1 is 1.19 bits per heavy atom. The molecule has 2 aromatic rings. The molecule has 0 amide bonds. The molecule has 1 aromatic carbocycles. The van der Waals surface area contributed by atoms with Crippen LogP contribution in [0.2, 0.25) is 0 Å². The lowest BCUT2D eigenvalue weighted by Crippen LogP contribution is -2.11. The molecule has 80 valence electrons. The zero-order valence-corrected chi connectivity index (χ0v) is 9.92. The van der Waals surface area contributed by atoms with Crippen molar-refractivity contribution in [1.82, 2.24) is 0 Å². The first-order valence-electron chi connectivity index (χ1n) is 4.92. The van der Waals surface area contributed by atoms with Crippen LogP contribution in [0.25, 0.3) is 0 Å². The van der Waals surface area contributed by atoms with Gasteiger partial charge in [0.15, 0.2) is 0 Å². The first-order valence-corrected chi connectivity index (χ1v) is 6.24. The van der Waals surface area contributed by atoms with Crippen LogP contribution in [-0.4, -0.2) is 5.84 Å². The standard InChI is InChI=1S/C12H9ClN2S/c13-10-7-3-1-2-4-9(7)15-12(14)11-8(10)5-6-16-11/h1-6,10H,(H2,14,15). The molecule has 0 aliphatic carbocycles. The number of hydrogen-bond donors (Lipinski definition) is 1. The zero-order chi connectivity index (χ0) is 11.1. The second-order valence-corrected chi connectivity index (χ2v) is 4.98. The summed E-state index contributed by atoms with van der Waals surface area (Å²) in [6.45, 7) is 0. The molecule has 0 saturated carbocycles. The van der Waals surface area contributed by atoms with E-state index in [9.17, 15) is 0 Å². The number of amidine groups is 1. The molecule has 1 aliphatic rings. The molecule has 16 heavy (non-hydrogen) atoms. The number of alkyl halides is 1. The minimum absolute atomic E-state index is 0.165. The normalized spacial score (nSPS) is 18.3. The maximum Gasteiger partial charge on any atom is 0.141 e. The van der Waals surface area contributed by atoms with Crippen molar-refractivity contribution in [2.24, 2.45) is 10.7 Å². The van der Waals surface area contributed by atoms with E-state index in [1.807, 2.05) is 35.7 Å². The fraction of sp³-hybridized carbons (Fsp3) is 0.0833. The van der Waals surface area contributed by atoms with Gasteiger partial charge in [-0.05, 0) is 23.1 Å². The summed E-state index contributed by atoms with van der Waals surface area (Å²) >= 11 is 8.05. The van der Waals surface area contributed by atoms with E-state index in [0.29, 0.717) is 5.84 Å². The van der Waals surface area contributed by atoms with E-state index in [4.69, 9.17) is 17.3 Å². The Labute approximate surface area is 102 Å². The predicted molar refractivity (Wildman–Crippen MR) is 68.8 cm³/mol. The molecule has 0 saturated heterocycles. The topological polar surface area (TPSA) is 38.4 Å². The summed E-state index contributed by atoms with van der Waals surface area (Å²) in [7, 11) is 0. The molecule has 1 unspecified atom stereocenters. The van der Waals surface area contributed by atoms with E-state index in [-0.39, 0.29) is 5.38 Å². The van der Waals surface area contributed by atoms with E-state index in [0.717, 1.165) is 21.7 Å². The van der Waals surface area contributed by atoms with Crippen molar-refractivity contribution >= 4 is 34.5 Å². The monoisotopic (exact) mass is 248 g/mol. The smallest absolute Gasteiger partial charge is 0.141 e. The average molecular weight is 249 g/mol. The molecule has 1 aromatic heterocycles. The van der Waals surface area contributed by atoms with Gasteiger partial charge >= 0.3 is 0 Å². The number of fused-ring (bicyclic) bond motifs is 2. The number of rotatable bonds is 0. The van der Waals surface area contributed by atoms with Gasteiger partial charge in [-0.25, -0.2) is 4.99 Å². The highest BCUT2D eigenvalue weighted by Gasteiger charge is 2.23. The molecule has 2 heterocycles. The van der Waals surface area contributed by atoms with Crippen LogP contribution in [0.3, 0.4) is 0 Å². The molecule has 3 rings (SSSR count). The number of nitrogens with zero attached hydrogens (tertiary/aromatic N) is 1. The van der Waals surface area contributed by atoms with Crippen LogP contribution in [0.4, 0.5) is 5.69 Å². The Morgan fingerprint density at radius 2 is 2.00 bits per heavy atom. The molecule has 0 fully saturated rings. The first-order chi connectivity index (χ1) is 7.77. The molecule has 1 aliphatic heterocycles. The zero-order valence-electron chi connectivity index (χ0n) is 8.35. The Kier molecular flexibility index (Phi) is 2.23. The van der Waals surface area contributed by atoms with Gasteiger partial charge in [0.2, 0.25) is 0 Å². The van der Waals surface area contributed by atoms with Gasteiger partial charge in [0.25, 0.3) is 0 Å². The van der Waals surface area contributed by atoms with E-state index in [1.54, 1.807) is 11.3 Å². The van der Waals surface area contributed by atoms with E-state index < -0.39 is 0 Å². The molecule has 0 spiro atoms. The summed E-state index contributed by atoms with van der Waals surface area (Å²) in [4.78, 5) is 5.41. The summed E-state index contributed by atoms with van der Waals surface area (Å²) < 4.78 is 0. The number of aliphatic imine (C=N–C) groups is 1. The fourth-order valence-corrected chi connectivity index (χ4v) is 3.15. The lowest BCUT2D eigenvalue weighted by Gasteiger charge is -2.09. The molecular formula is C12H9ClN2S. The van der Waals surface area contributed by atoms with Gasteiger partial charge in [0, 0.05) is 5.56 Å². The largest absolute Gasteiger partial charge is 0.382 e. The first kappa shape index (κ1) is 9.87. The van der Waals surface area contributed by atoms with E-state index >= 15 is 0 Å². The summed E-state index contributed by atoms with van der Waals surface area (Å²) in [5.74, 6) is 0.556. The Hall–Kier alpha value is -1.32. The highest BCUT2D eigenvalue weighted by Crippen LogP contribution is 2.40. The maximum atomic E-state index is 6.47. The van der Waals surface area contributed by atoms with Crippen LogP contribution < -0.4 is 5.73 Å². The molecule has 0 bridgehead atoms. The Bertz CT molecular complexity index is 574. The van der Waals surface area contributed by atoms with Gasteiger partial charge in [0.1, 0.15) is 5.84 Å². The lowest BCUT2D eigenvalue weighted by molar-refractivity contribution is 1.16. The number of thiophene rings is 1. The van der Waals surface area contributed by atoms with Crippen LogP contribution in [0.1, 0.15) is 21.4 Å². The number of halogens is 1. The van der Waals surface area contributed by atoms with Gasteiger partial charge in [-0.1, -0.05) is 18.2 Å². The predicted octanol–water partition coefficient (Wildman–Crippen LogP) is 3.43. The number of hydrogen-bond acceptors (Lipinski definition) is 3. The van der Waals surface area contributed by atoms with Crippen LogP contribution in [-0.2, 0) is 0 Å². The van der Waals surface area contributed by atoms with Crippen LogP contribution >= 0.6 is 22.9 Å². The summed E-state index contributed by atoms with van der Waals surface area (Å²) in [6, 6.07) is 9.86. The van der Waals surface area contributed by atoms with Crippen molar-refractivity contribution < 1.29 is 0 Å². The summed E-state index contributed by atoms with van der Waals surface area (Å²) in [5.41, 5.74) is 8.91. The minimum Gasteiger partial charge on any atom is -0.382 e. The van der Waals surface area contributed by atoms with E-state index in [2.05, 4.69) is 4.99 Å². The molecule has 2 nitrogen and oxygen atoms in total. The van der Waals surface area contributed by atoms with Gasteiger partial charge in [0.05, 0.1) is 15.9 Å². The minimum atomic E-state index is -0.165. The fourth-order valence-electron chi connectivity index (χ4n) is 1.88. The number of nitrogens with two attached hydrogens (primary N) is 1. The molecular weight excluding hydrogens is 240 g/mol. The second kappa shape index (κ2) is 3.61. The van der Waals surface area contributed by atoms with Gasteiger partial charge in [-0.2, -0.15) is 0 Å². The number of para-hydroxylation sites is 1. The van der Waals surface area contributed by atoms with Crippen molar-refractivity contribution in [3.8, 4) is 0 Å². The third-order valence-electron chi connectivity index (χ3n) is 2.65. The summed E-state index contributed by atoms with van der Waals surface area (Å²) in [5, 5.41) is 1.83. The highest BCUT2D eigenvalue weighted by atomic mass is 35.5. The van der Waals surface area contributed by atoms with Crippen LogP contribution in [0.5, 0.6) is 0 Å². The highest BCUT2D eigenvalue weighted by molar-refractivity contribution is 7.12. The van der Waals surface area contributed by atoms with Gasteiger partial charge < -0.3 is 5.73 Å². The maximum absolute atomic E-state index is 6.47. The SMILES string of the molecule is NC1=Nc2ccccc2C(Cl)c2ccsc21. The van der Waals surface area contributed by atoms with Gasteiger partial charge in [-0.3, -0.25) is 0 Å². The molecule has 4 heteroatoms. The molecule has 0 radical (unpaired) electrons. The van der Waals surface area contributed by atoms with Gasteiger partial charge in [-0.15, -0.1) is 22.9 Å². The Morgan fingerprint density at radius 3 is 2.88 bits per heavy atom. The average Bonchev–Trinajstić information content (AvgIpc) is 2.74. The second-order valence-electron chi connectivity index (χ2n) is 3.62. The van der Waals surface area contributed by atoms with Crippen molar-refractivity contribution in [3.63, 3.8) is 0 Å². The van der Waals surface area contributed by atoms with Crippen LogP contribution in [0.15, 0.2) is 40.7 Å². The molecule has 1 atom stereocenters. The molecule has 2 N–H and O–H groups in total. The van der Waals surface area contributed by atoms with Crippen molar-refractivity contribution in [3.05, 3.63) is 51.7 Å². The third-order valence-corrected chi connectivity index (χ3v) is 4.07. The van der Waals surface area contributed by atoms with Crippen molar-refractivity contribution in [2.45, 2.75) is 5.38 Å².